The van der Waals surface area contributed by atoms with Crippen LogP contribution >= 0.6 is 0 Å². The molecule has 3 aliphatic heterocycles. The molecule has 5 heterocycles. The minimum absolute atomic E-state index is 0.0678. The molecule has 5 aliphatic rings. The van der Waals surface area contributed by atoms with Crippen molar-refractivity contribution in [2.24, 2.45) is 17.8 Å². The van der Waals surface area contributed by atoms with Gasteiger partial charge in [0, 0.05) is 57.0 Å². The van der Waals surface area contributed by atoms with E-state index in [0.29, 0.717) is 35.1 Å². The summed E-state index contributed by atoms with van der Waals surface area (Å²) >= 11 is 0. The van der Waals surface area contributed by atoms with E-state index in [1.165, 1.54) is 18.9 Å². The number of anilines is 2. The molecule has 7 rings (SSSR count). The molecule has 0 radical (unpaired) electrons. The smallest absolute Gasteiger partial charge is 0.387 e. The van der Waals surface area contributed by atoms with Crippen LogP contribution in [0.3, 0.4) is 0 Å². The van der Waals surface area contributed by atoms with Crippen molar-refractivity contribution in [1.29, 1.82) is 0 Å². The molecule has 176 valence electrons. The van der Waals surface area contributed by atoms with E-state index < -0.39 is 6.61 Å². The van der Waals surface area contributed by atoms with Crippen LogP contribution in [0, 0.1) is 17.8 Å². The summed E-state index contributed by atoms with van der Waals surface area (Å²) in [6, 6.07) is 3.99. The number of nitrogens with zero attached hydrogens (tertiary/aromatic N) is 5. The molecule has 3 saturated heterocycles. The fraction of sp³-hybridized carbons (Fsp3) is 0.609. The van der Waals surface area contributed by atoms with E-state index in [1.54, 1.807) is 13.3 Å². The van der Waals surface area contributed by atoms with Crippen molar-refractivity contribution in [1.82, 2.24) is 19.9 Å². The first-order valence-electron chi connectivity index (χ1n) is 11.6. The summed E-state index contributed by atoms with van der Waals surface area (Å²) in [6.45, 7) is 1.82. The van der Waals surface area contributed by atoms with Crippen LogP contribution in [0.4, 0.5) is 20.5 Å². The molecule has 2 bridgehead atoms. The highest BCUT2D eigenvalue weighted by molar-refractivity contribution is 5.66. The molecule has 2 aliphatic carbocycles. The fourth-order valence-electron chi connectivity index (χ4n) is 5.92. The monoisotopic (exact) mass is 458 g/mol. The lowest BCUT2D eigenvalue weighted by Gasteiger charge is -2.26. The normalized spacial score (nSPS) is 29.9. The summed E-state index contributed by atoms with van der Waals surface area (Å²) in [5.41, 5.74) is 8.05. The van der Waals surface area contributed by atoms with Crippen LogP contribution in [-0.2, 0) is 4.74 Å². The number of hydrogen-bond donors (Lipinski definition) is 1. The SMILES string of the molecule is COCCN1C[C@@H]2C(c3cc(-c4cnc(N)c(OC(F)F)c4)nc(N4CC5CC4C5)n3)[C@H]2C1. The second-order valence-corrected chi connectivity index (χ2v) is 9.71. The predicted octanol–water partition coefficient (Wildman–Crippen LogP) is 2.61. The maximum absolute atomic E-state index is 12.8. The lowest BCUT2D eigenvalue weighted by atomic mass is 9.86. The molecule has 2 N–H and O–H groups in total. The van der Waals surface area contributed by atoms with Crippen LogP contribution in [0.1, 0.15) is 24.5 Å². The summed E-state index contributed by atoms with van der Waals surface area (Å²) in [5, 5.41) is 0. The van der Waals surface area contributed by atoms with Gasteiger partial charge < -0.3 is 25.0 Å². The van der Waals surface area contributed by atoms with E-state index in [-0.39, 0.29) is 11.6 Å². The van der Waals surface area contributed by atoms with Gasteiger partial charge in [0.05, 0.1) is 18.0 Å². The Morgan fingerprint density at radius 1 is 1.15 bits per heavy atom. The minimum Gasteiger partial charge on any atom is -0.431 e. The van der Waals surface area contributed by atoms with Crippen molar-refractivity contribution < 1.29 is 18.3 Å². The second kappa shape index (κ2) is 8.02. The van der Waals surface area contributed by atoms with E-state index in [2.05, 4.69) is 19.5 Å². The van der Waals surface area contributed by atoms with Gasteiger partial charge in [-0.15, -0.1) is 0 Å². The van der Waals surface area contributed by atoms with Gasteiger partial charge in [-0.1, -0.05) is 0 Å². The summed E-state index contributed by atoms with van der Waals surface area (Å²) in [5.74, 6) is 2.84. The molecule has 2 atom stereocenters. The van der Waals surface area contributed by atoms with Crippen molar-refractivity contribution in [2.75, 3.05) is 50.5 Å². The number of rotatable bonds is 8. The third-order valence-electron chi connectivity index (χ3n) is 7.71. The summed E-state index contributed by atoms with van der Waals surface area (Å²) in [4.78, 5) is 18.7. The number of aromatic nitrogens is 3. The van der Waals surface area contributed by atoms with E-state index >= 15 is 0 Å². The average Bonchev–Trinajstić information content (AvgIpc) is 3.16. The molecular formula is C23H28F2N6O2. The molecule has 2 aromatic rings. The number of nitrogen functional groups attached to an aromatic ring is 1. The molecule has 0 aromatic carbocycles. The standard InChI is InChI=1S/C23H28F2N6O2/c1-32-3-2-30-10-15-16(11-30)20(15)18-7-17(13-6-19(33-22(24)25)21(26)27-8-13)28-23(29-18)31-9-12-4-14(31)5-12/h6-8,12,14-16,20,22H,2-5,9-11H2,1H3,(H2,26,27)/t12?,14?,15-,16-/m0/s1. The number of likely N-dealkylation sites (tertiary alicyclic amines) is 1. The molecule has 0 unspecified atom stereocenters. The molecule has 33 heavy (non-hydrogen) atoms. The molecule has 2 aromatic heterocycles. The van der Waals surface area contributed by atoms with Crippen LogP contribution in [0.2, 0.25) is 0 Å². The van der Waals surface area contributed by atoms with Gasteiger partial charge in [-0.25, -0.2) is 15.0 Å². The van der Waals surface area contributed by atoms with Gasteiger partial charge in [-0.05, 0) is 42.7 Å². The topological polar surface area (TPSA) is 89.6 Å². The third-order valence-corrected chi connectivity index (χ3v) is 7.71. The second-order valence-electron chi connectivity index (χ2n) is 9.71. The molecule has 2 saturated carbocycles. The number of fused-ring (bicyclic) bond motifs is 2. The van der Waals surface area contributed by atoms with Crippen molar-refractivity contribution in [2.45, 2.75) is 31.4 Å². The van der Waals surface area contributed by atoms with Crippen LogP contribution in [0.15, 0.2) is 18.3 Å². The van der Waals surface area contributed by atoms with Gasteiger partial charge in [0.25, 0.3) is 0 Å². The fourth-order valence-corrected chi connectivity index (χ4v) is 5.92. The van der Waals surface area contributed by atoms with Gasteiger partial charge in [0.15, 0.2) is 11.6 Å². The molecular weight excluding hydrogens is 430 g/mol. The Labute approximate surface area is 191 Å². The molecule has 10 heteroatoms. The summed E-state index contributed by atoms with van der Waals surface area (Å²) in [7, 11) is 1.73. The van der Waals surface area contributed by atoms with Gasteiger partial charge in [-0.3, -0.25) is 0 Å². The first-order chi connectivity index (χ1) is 16.0. The van der Waals surface area contributed by atoms with Crippen LogP contribution in [0.5, 0.6) is 5.75 Å². The zero-order chi connectivity index (χ0) is 22.7. The van der Waals surface area contributed by atoms with Crippen LogP contribution < -0.4 is 15.4 Å². The molecule has 5 fully saturated rings. The number of alkyl halides is 2. The lowest BCUT2D eigenvalue weighted by molar-refractivity contribution is -0.0494. The van der Waals surface area contributed by atoms with Gasteiger partial charge in [0.2, 0.25) is 5.95 Å². The Morgan fingerprint density at radius 3 is 2.61 bits per heavy atom. The first-order valence-corrected chi connectivity index (χ1v) is 11.6. The van der Waals surface area contributed by atoms with Crippen molar-refractivity contribution in [3.8, 4) is 17.0 Å². The quantitative estimate of drug-likeness (QED) is 0.646. The lowest BCUT2D eigenvalue weighted by Crippen LogP contribution is -2.30. The molecule has 0 spiro atoms. The minimum atomic E-state index is -2.97. The maximum atomic E-state index is 12.8. The largest absolute Gasteiger partial charge is 0.431 e. The number of methoxy groups -OCH3 is 1. The van der Waals surface area contributed by atoms with E-state index in [0.717, 1.165) is 50.3 Å². The first kappa shape index (κ1) is 21.0. The zero-order valence-corrected chi connectivity index (χ0v) is 18.5. The Hall–Kier alpha value is -2.59. The number of pyridine rings is 1. The highest BCUT2D eigenvalue weighted by Gasteiger charge is 2.57. The Morgan fingerprint density at radius 2 is 1.94 bits per heavy atom. The number of hydrogen-bond acceptors (Lipinski definition) is 8. The average molecular weight is 459 g/mol. The summed E-state index contributed by atoms with van der Waals surface area (Å²) in [6.07, 6.45) is 3.96. The molecule has 8 nitrogen and oxygen atoms in total. The van der Waals surface area contributed by atoms with Gasteiger partial charge in [0.1, 0.15) is 0 Å². The predicted molar refractivity (Wildman–Crippen MR) is 118 cm³/mol. The number of ether oxygens (including phenoxy) is 2. The van der Waals surface area contributed by atoms with Crippen molar-refractivity contribution in [3.05, 3.63) is 24.0 Å². The van der Waals surface area contributed by atoms with Crippen molar-refractivity contribution >= 4 is 11.8 Å². The number of nitrogens with two attached hydrogens (primary N) is 1. The van der Waals surface area contributed by atoms with Crippen molar-refractivity contribution in [3.63, 3.8) is 0 Å². The maximum Gasteiger partial charge on any atom is 0.387 e. The Kier molecular flexibility index (Phi) is 5.10. The highest BCUT2D eigenvalue weighted by atomic mass is 19.3. The third kappa shape index (κ3) is 3.78. The summed E-state index contributed by atoms with van der Waals surface area (Å²) < 4.78 is 35.4. The number of piperidine rings is 1. The zero-order valence-electron chi connectivity index (χ0n) is 18.5. The van der Waals surface area contributed by atoms with Gasteiger partial charge >= 0.3 is 6.61 Å². The number of halogens is 2. The van der Waals surface area contributed by atoms with Crippen LogP contribution in [0.25, 0.3) is 11.3 Å². The highest BCUT2D eigenvalue weighted by Crippen LogP contribution is 2.58. The van der Waals surface area contributed by atoms with E-state index in [4.69, 9.17) is 20.4 Å². The Balaban J connectivity index is 1.31. The van der Waals surface area contributed by atoms with E-state index in [1.807, 2.05) is 6.07 Å². The molecule has 0 amide bonds. The Bertz CT molecular complexity index is 1040. The van der Waals surface area contributed by atoms with E-state index in [9.17, 15) is 8.78 Å². The van der Waals surface area contributed by atoms with Crippen LogP contribution in [-0.4, -0.2) is 72.4 Å². The van der Waals surface area contributed by atoms with Gasteiger partial charge in [-0.2, -0.15) is 8.78 Å².